The van der Waals surface area contributed by atoms with Crippen molar-refractivity contribution in [2.45, 2.75) is 5.88 Å². The molecular weight excluding hydrogens is 192 g/mol. The molecule has 1 aromatic carbocycles. The van der Waals surface area contributed by atoms with E-state index in [2.05, 4.69) is 0 Å². The van der Waals surface area contributed by atoms with Crippen molar-refractivity contribution in [1.82, 2.24) is 0 Å². The first-order valence-electron chi connectivity index (χ1n) is 3.56. The zero-order chi connectivity index (χ0) is 8.55. The molecule has 0 fully saturated rings. The van der Waals surface area contributed by atoms with Gasteiger partial charge in [0.25, 0.3) is 0 Å². The Morgan fingerprint density at radius 2 is 2.25 bits per heavy atom. The summed E-state index contributed by atoms with van der Waals surface area (Å²) in [4.78, 5) is 0. The SMILES string of the molecule is Oc1ccc2c(CCl)csc2c1. The largest absolute Gasteiger partial charge is 0.508 e. The topological polar surface area (TPSA) is 20.2 Å². The fourth-order valence-electron chi connectivity index (χ4n) is 1.18. The highest BCUT2D eigenvalue weighted by atomic mass is 35.5. The first-order valence-corrected chi connectivity index (χ1v) is 4.98. The number of alkyl halides is 1. The number of phenolic OH excluding ortho intramolecular Hbond substituents is 1. The van der Waals surface area contributed by atoms with Gasteiger partial charge in [0.05, 0.1) is 0 Å². The Bertz CT molecular complexity index is 408. The molecule has 62 valence electrons. The summed E-state index contributed by atoms with van der Waals surface area (Å²) >= 11 is 7.34. The van der Waals surface area contributed by atoms with Crippen LogP contribution < -0.4 is 0 Å². The van der Waals surface area contributed by atoms with E-state index in [1.165, 1.54) is 0 Å². The van der Waals surface area contributed by atoms with Gasteiger partial charge in [-0.1, -0.05) is 0 Å². The van der Waals surface area contributed by atoms with Crippen LogP contribution in [0.25, 0.3) is 10.1 Å². The third-order valence-corrected chi connectivity index (χ3v) is 3.07. The second kappa shape index (κ2) is 2.96. The van der Waals surface area contributed by atoms with E-state index in [1.54, 1.807) is 23.5 Å². The van der Waals surface area contributed by atoms with Crippen molar-refractivity contribution < 1.29 is 5.11 Å². The predicted octanol–water partition coefficient (Wildman–Crippen LogP) is 3.35. The van der Waals surface area contributed by atoms with Crippen LogP contribution >= 0.6 is 22.9 Å². The van der Waals surface area contributed by atoms with Crippen molar-refractivity contribution in [1.29, 1.82) is 0 Å². The summed E-state index contributed by atoms with van der Waals surface area (Å²) in [6.07, 6.45) is 0. The van der Waals surface area contributed by atoms with Crippen molar-refractivity contribution in [2.75, 3.05) is 0 Å². The minimum Gasteiger partial charge on any atom is -0.508 e. The van der Waals surface area contributed by atoms with E-state index >= 15 is 0 Å². The Morgan fingerprint density at radius 1 is 1.42 bits per heavy atom. The maximum absolute atomic E-state index is 9.19. The first-order chi connectivity index (χ1) is 5.81. The van der Waals surface area contributed by atoms with Crippen LogP contribution in [0.2, 0.25) is 0 Å². The van der Waals surface area contributed by atoms with E-state index in [-0.39, 0.29) is 0 Å². The molecule has 0 saturated heterocycles. The fourth-order valence-corrected chi connectivity index (χ4v) is 2.48. The Hall–Kier alpha value is -0.730. The summed E-state index contributed by atoms with van der Waals surface area (Å²) in [5.74, 6) is 0.843. The van der Waals surface area contributed by atoms with Gasteiger partial charge < -0.3 is 5.11 Å². The number of benzene rings is 1. The number of thiophene rings is 1. The summed E-state index contributed by atoms with van der Waals surface area (Å²) < 4.78 is 1.09. The average molecular weight is 199 g/mol. The lowest BCUT2D eigenvalue weighted by Gasteiger charge is -1.93. The van der Waals surface area contributed by atoms with E-state index < -0.39 is 0 Å². The second-order valence-corrected chi connectivity index (χ2v) is 3.75. The van der Waals surface area contributed by atoms with Crippen LogP contribution in [0.1, 0.15) is 5.56 Å². The average Bonchev–Trinajstić information content (AvgIpc) is 2.46. The van der Waals surface area contributed by atoms with Crippen LogP contribution in [0.3, 0.4) is 0 Å². The maximum Gasteiger partial charge on any atom is 0.117 e. The van der Waals surface area contributed by atoms with Gasteiger partial charge >= 0.3 is 0 Å². The number of rotatable bonds is 1. The Kier molecular flexibility index (Phi) is 1.95. The minimum atomic E-state index is 0.311. The maximum atomic E-state index is 9.19. The van der Waals surface area contributed by atoms with Crippen LogP contribution in [-0.2, 0) is 5.88 Å². The van der Waals surface area contributed by atoms with Crippen LogP contribution in [0.15, 0.2) is 23.6 Å². The molecule has 1 nitrogen and oxygen atoms in total. The van der Waals surface area contributed by atoms with Gasteiger partial charge in [-0.3, -0.25) is 0 Å². The Morgan fingerprint density at radius 3 is 3.00 bits per heavy atom. The standard InChI is InChI=1S/C9H7ClOS/c10-4-6-5-12-9-3-7(11)1-2-8(6)9/h1-3,5,11H,4H2. The highest BCUT2D eigenvalue weighted by Gasteiger charge is 2.02. The zero-order valence-corrected chi connectivity index (χ0v) is 7.82. The molecule has 0 aliphatic rings. The van der Waals surface area contributed by atoms with Gasteiger partial charge in [0.15, 0.2) is 0 Å². The number of fused-ring (bicyclic) bond motifs is 1. The predicted molar refractivity (Wildman–Crippen MR) is 53.0 cm³/mol. The molecule has 0 unspecified atom stereocenters. The summed E-state index contributed by atoms with van der Waals surface area (Å²) in [6.45, 7) is 0. The number of halogens is 1. The summed E-state index contributed by atoms with van der Waals surface area (Å²) in [5.41, 5.74) is 1.14. The minimum absolute atomic E-state index is 0.311. The molecule has 0 aliphatic carbocycles. The monoisotopic (exact) mass is 198 g/mol. The summed E-state index contributed by atoms with van der Waals surface area (Å²) in [6, 6.07) is 5.35. The van der Waals surface area contributed by atoms with E-state index in [4.69, 9.17) is 11.6 Å². The lowest BCUT2D eigenvalue weighted by Crippen LogP contribution is -1.71. The molecule has 0 saturated carbocycles. The zero-order valence-electron chi connectivity index (χ0n) is 6.25. The highest BCUT2D eigenvalue weighted by Crippen LogP contribution is 2.29. The molecule has 1 N–H and O–H groups in total. The molecule has 0 atom stereocenters. The highest BCUT2D eigenvalue weighted by molar-refractivity contribution is 7.17. The first kappa shape index (κ1) is 7.90. The lowest BCUT2D eigenvalue weighted by molar-refractivity contribution is 0.476. The molecule has 0 amide bonds. The van der Waals surface area contributed by atoms with Crippen molar-refractivity contribution >= 4 is 33.0 Å². The summed E-state index contributed by atoms with van der Waals surface area (Å²) in [7, 11) is 0. The third-order valence-electron chi connectivity index (χ3n) is 1.78. The molecule has 2 aromatic rings. The van der Waals surface area contributed by atoms with Gasteiger partial charge in [-0.15, -0.1) is 22.9 Å². The molecule has 0 spiro atoms. The molecule has 0 bridgehead atoms. The molecule has 1 heterocycles. The van der Waals surface area contributed by atoms with Gasteiger partial charge in [-0.2, -0.15) is 0 Å². The van der Waals surface area contributed by atoms with E-state index in [0.29, 0.717) is 11.6 Å². The summed E-state index contributed by atoms with van der Waals surface area (Å²) in [5, 5.41) is 12.4. The number of hydrogen-bond acceptors (Lipinski definition) is 2. The molecular formula is C9H7ClOS. The third kappa shape index (κ3) is 1.17. The molecule has 2 rings (SSSR count). The van der Waals surface area contributed by atoms with Crippen molar-refractivity contribution in [3.8, 4) is 5.75 Å². The molecule has 1 aromatic heterocycles. The van der Waals surface area contributed by atoms with Gasteiger partial charge in [0.1, 0.15) is 5.75 Å². The van der Waals surface area contributed by atoms with Crippen LogP contribution in [0.5, 0.6) is 5.75 Å². The second-order valence-electron chi connectivity index (χ2n) is 2.58. The van der Waals surface area contributed by atoms with Crippen LogP contribution in [-0.4, -0.2) is 5.11 Å². The Balaban J connectivity index is 2.73. The van der Waals surface area contributed by atoms with Gasteiger partial charge in [0.2, 0.25) is 0 Å². The lowest BCUT2D eigenvalue weighted by atomic mass is 10.2. The smallest absolute Gasteiger partial charge is 0.117 e. The van der Waals surface area contributed by atoms with Gasteiger partial charge in [-0.25, -0.2) is 0 Å². The van der Waals surface area contributed by atoms with Crippen LogP contribution in [0, 0.1) is 0 Å². The van der Waals surface area contributed by atoms with Crippen molar-refractivity contribution in [2.24, 2.45) is 0 Å². The number of hydrogen-bond donors (Lipinski definition) is 1. The van der Waals surface area contributed by atoms with Gasteiger partial charge in [-0.05, 0) is 34.5 Å². The van der Waals surface area contributed by atoms with E-state index in [0.717, 1.165) is 15.6 Å². The molecule has 12 heavy (non-hydrogen) atoms. The Labute approximate surface area is 79.2 Å². The molecule has 3 heteroatoms. The number of phenols is 1. The van der Waals surface area contributed by atoms with Crippen LogP contribution in [0.4, 0.5) is 0 Å². The normalized spacial score (nSPS) is 10.8. The molecule has 0 aliphatic heterocycles. The fraction of sp³-hybridized carbons (Fsp3) is 0.111. The van der Waals surface area contributed by atoms with E-state index in [9.17, 15) is 5.11 Å². The number of aromatic hydroxyl groups is 1. The van der Waals surface area contributed by atoms with Gasteiger partial charge in [0, 0.05) is 10.6 Å². The van der Waals surface area contributed by atoms with Crippen molar-refractivity contribution in [3.63, 3.8) is 0 Å². The van der Waals surface area contributed by atoms with Crippen molar-refractivity contribution in [3.05, 3.63) is 29.1 Å². The quantitative estimate of drug-likeness (QED) is 0.697. The van der Waals surface area contributed by atoms with E-state index in [1.807, 2.05) is 11.4 Å². The molecule has 0 radical (unpaired) electrons.